The van der Waals surface area contributed by atoms with E-state index in [0.29, 0.717) is 16.5 Å². The highest BCUT2D eigenvalue weighted by Gasteiger charge is 2.22. The summed E-state index contributed by atoms with van der Waals surface area (Å²) < 4.78 is 1.48. The van der Waals surface area contributed by atoms with Crippen LogP contribution in [0.2, 0.25) is 0 Å². The van der Waals surface area contributed by atoms with Crippen molar-refractivity contribution in [2.45, 2.75) is 19.8 Å². The number of rotatable bonds is 2. The Labute approximate surface area is 174 Å². The zero-order valence-electron chi connectivity index (χ0n) is 15.0. The van der Waals surface area contributed by atoms with Crippen LogP contribution >= 0.6 is 34.5 Å². The van der Waals surface area contributed by atoms with E-state index in [0.717, 1.165) is 31.1 Å². The van der Waals surface area contributed by atoms with Crippen LogP contribution in [0.15, 0.2) is 32.6 Å². The fourth-order valence-corrected chi connectivity index (χ4v) is 4.62. The SMILES string of the molecule is CC1CCN(c2nn3c(N)c(C=C4C=C(Cl)C(=O)C(Cl)=C4)c(=O)nc3s2)CC1. The summed E-state index contributed by atoms with van der Waals surface area (Å²) in [6, 6.07) is 0. The molecule has 2 N–H and O–H groups in total. The first-order valence-corrected chi connectivity index (χ1v) is 10.4. The van der Waals surface area contributed by atoms with E-state index in [4.69, 9.17) is 28.9 Å². The van der Waals surface area contributed by atoms with Crippen molar-refractivity contribution in [3.63, 3.8) is 0 Å². The van der Waals surface area contributed by atoms with Gasteiger partial charge in [-0.05, 0) is 42.6 Å². The number of nitrogen functional groups attached to an aromatic ring is 1. The van der Waals surface area contributed by atoms with Crippen molar-refractivity contribution < 1.29 is 4.79 Å². The second-order valence-electron chi connectivity index (χ2n) is 6.92. The number of carbonyl (C=O) groups is 1. The first-order chi connectivity index (χ1) is 13.3. The van der Waals surface area contributed by atoms with Crippen molar-refractivity contribution in [3.05, 3.63) is 43.7 Å². The van der Waals surface area contributed by atoms with Crippen LogP contribution in [-0.2, 0) is 4.79 Å². The molecule has 0 atom stereocenters. The maximum Gasteiger partial charge on any atom is 0.283 e. The predicted octanol–water partition coefficient (Wildman–Crippen LogP) is 3.18. The average molecular weight is 438 g/mol. The summed E-state index contributed by atoms with van der Waals surface area (Å²) in [7, 11) is 0. The number of aromatic nitrogens is 3. The number of nitrogens with zero attached hydrogens (tertiary/aromatic N) is 4. The summed E-state index contributed by atoms with van der Waals surface area (Å²) in [6.45, 7) is 4.08. The third kappa shape index (κ3) is 3.47. The van der Waals surface area contributed by atoms with Crippen LogP contribution in [0.25, 0.3) is 11.0 Å². The predicted molar refractivity (Wildman–Crippen MR) is 113 cm³/mol. The minimum atomic E-state index is -0.474. The first kappa shape index (κ1) is 19.2. The van der Waals surface area contributed by atoms with E-state index in [-0.39, 0.29) is 21.4 Å². The van der Waals surface area contributed by atoms with E-state index in [2.05, 4.69) is 21.9 Å². The van der Waals surface area contributed by atoms with Crippen molar-refractivity contribution in [2.24, 2.45) is 5.92 Å². The average Bonchev–Trinajstić information content (AvgIpc) is 3.07. The molecule has 0 spiro atoms. The van der Waals surface area contributed by atoms with Crippen molar-refractivity contribution in [1.29, 1.82) is 0 Å². The van der Waals surface area contributed by atoms with Crippen molar-refractivity contribution in [3.8, 4) is 0 Å². The molecule has 1 saturated heterocycles. The zero-order chi connectivity index (χ0) is 20.0. The Kier molecular flexibility index (Phi) is 5.03. The number of allylic oxidation sites excluding steroid dienone is 5. The minimum absolute atomic E-state index is 0.0262. The van der Waals surface area contributed by atoms with Gasteiger partial charge in [-0.3, -0.25) is 9.59 Å². The number of carbonyl (C=O) groups excluding carboxylic acids is 1. The summed E-state index contributed by atoms with van der Waals surface area (Å²) in [6.07, 6.45) is 6.59. The summed E-state index contributed by atoms with van der Waals surface area (Å²) in [5, 5.41) is 5.31. The van der Waals surface area contributed by atoms with Gasteiger partial charge in [-0.25, -0.2) is 0 Å². The normalized spacial score (nSPS) is 18.5. The number of ketones is 1. The van der Waals surface area contributed by atoms with Gasteiger partial charge in [0, 0.05) is 13.1 Å². The van der Waals surface area contributed by atoms with Gasteiger partial charge in [0.2, 0.25) is 15.9 Å². The standard InChI is InChI=1S/C18H17Cl2N5O2S/c1-9-2-4-24(5-3-9)18-23-25-15(21)11(16(27)22-17(25)28-18)6-10-7-12(19)14(26)13(20)8-10/h6-9H,2-5,21H2,1H3. The molecule has 3 heterocycles. The summed E-state index contributed by atoms with van der Waals surface area (Å²) in [5.74, 6) is 0.426. The molecule has 0 bridgehead atoms. The molecule has 1 aliphatic heterocycles. The molecule has 0 radical (unpaired) electrons. The topological polar surface area (TPSA) is 93.6 Å². The second kappa shape index (κ2) is 7.35. The largest absolute Gasteiger partial charge is 0.383 e. The van der Waals surface area contributed by atoms with Crippen LogP contribution in [0.3, 0.4) is 0 Å². The molecule has 0 amide bonds. The summed E-state index contributed by atoms with van der Waals surface area (Å²) in [5.41, 5.74) is 6.41. The van der Waals surface area contributed by atoms with Crippen molar-refractivity contribution in [1.82, 2.24) is 14.6 Å². The number of halogens is 2. The van der Waals surface area contributed by atoms with Gasteiger partial charge in [0.15, 0.2) is 0 Å². The highest BCUT2D eigenvalue weighted by Crippen LogP contribution is 2.29. The van der Waals surface area contributed by atoms with Gasteiger partial charge >= 0.3 is 0 Å². The number of hydrogen-bond donors (Lipinski definition) is 1. The Balaban J connectivity index is 1.76. The van der Waals surface area contributed by atoms with Crippen LogP contribution in [0.1, 0.15) is 25.3 Å². The lowest BCUT2D eigenvalue weighted by Gasteiger charge is -2.29. The van der Waals surface area contributed by atoms with E-state index in [9.17, 15) is 9.59 Å². The summed E-state index contributed by atoms with van der Waals surface area (Å²) in [4.78, 5) is 30.9. The highest BCUT2D eigenvalue weighted by molar-refractivity contribution is 7.20. The maximum absolute atomic E-state index is 12.5. The third-order valence-electron chi connectivity index (χ3n) is 4.87. The number of hydrogen-bond acceptors (Lipinski definition) is 7. The molecule has 1 aliphatic carbocycles. The first-order valence-electron chi connectivity index (χ1n) is 8.78. The Hall–Kier alpha value is -2.16. The quantitative estimate of drug-likeness (QED) is 0.774. The molecule has 0 unspecified atom stereocenters. The van der Waals surface area contributed by atoms with E-state index in [1.165, 1.54) is 34.1 Å². The Morgan fingerprint density at radius 2 is 1.86 bits per heavy atom. The van der Waals surface area contributed by atoms with E-state index >= 15 is 0 Å². The molecule has 2 aromatic rings. The zero-order valence-corrected chi connectivity index (χ0v) is 17.3. The van der Waals surface area contributed by atoms with Gasteiger partial charge in [-0.1, -0.05) is 41.5 Å². The van der Waals surface area contributed by atoms with Gasteiger partial charge in [0.25, 0.3) is 5.56 Å². The molecule has 10 heteroatoms. The molecular weight excluding hydrogens is 421 g/mol. The number of nitrogens with two attached hydrogens (primary N) is 1. The van der Waals surface area contributed by atoms with Crippen LogP contribution in [0, 0.1) is 5.92 Å². The third-order valence-corrected chi connectivity index (χ3v) is 6.40. The van der Waals surface area contributed by atoms with Gasteiger partial charge in [0.05, 0.1) is 15.6 Å². The van der Waals surface area contributed by atoms with Crippen LogP contribution in [0.4, 0.5) is 10.9 Å². The van der Waals surface area contributed by atoms with Gasteiger partial charge in [-0.15, -0.1) is 5.10 Å². The molecule has 1 fully saturated rings. The molecule has 7 nitrogen and oxygen atoms in total. The van der Waals surface area contributed by atoms with Gasteiger partial charge < -0.3 is 10.6 Å². The van der Waals surface area contributed by atoms with Gasteiger partial charge in [0.1, 0.15) is 5.82 Å². The minimum Gasteiger partial charge on any atom is -0.383 e. The highest BCUT2D eigenvalue weighted by atomic mass is 35.5. The number of piperidine rings is 1. The van der Waals surface area contributed by atoms with Crippen LogP contribution in [0.5, 0.6) is 0 Å². The summed E-state index contributed by atoms with van der Waals surface area (Å²) >= 11 is 13.1. The monoisotopic (exact) mass is 437 g/mol. The molecule has 2 aliphatic rings. The molecule has 0 aromatic carbocycles. The Morgan fingerprint density at radius 1 is 1.21 bits per heavy atom. The molecular formula is C18H17Cl2N5O2S. The second-order valence-corrected chi connectivity index (χ2v) is 8.67. The van der Waals surface area contributed by atoms with Crippen molar-refractivity contribution >= 4 is 62.3 Å². The smallest absolute Gasteiger partial charge is 0.283 e. The van der Waals surface area contributed by atoms with Crippen LogP contribution in [-0.4, -0.2) is 33.5 Å². The number of fused-ring (bicyclic) bond motifs is 1. The molecule has 28 heavy (non-hydrogen) atoms. The molecule has 4 rings (SSSR count). The van der Waals surface area contributed by atoms with E-state index in [1.807, 2.05) is 0 Å². The lowest BCUT2D eigenvalue weighted by Crippen LogP contribution is -2.32. The van der Waals surface area contributed by atoms with Crippen LogP contribution < -0.4 is 16.2 Å². The number of Topliss-reactive ketones (excluding diaryl/α,β-unsaturated/α-hetero) is 1. The lowest BCUT2D eigenvalue weighted by atomic mass is 10.00. The van der Waals surface area contributed by atoms with E-state index in [1.54, 1.807) is 0 Å². The van der Waals surface area contributed by atoms with Gasteiger partial charge in [-0.2, -0.15) is 9.50 Å². The lowest BCUT2D eigenvalue weighted by molar-refractivity contribution is -0.111. The fourth-order valence-electron chi connectivity index (χ4n) is 3.16. The molecule has 146 valence electrons. The maximum atomic E-state index is 12.5. The Morgan fingerprint density at radius 3 is 2.50 bits per heavy atom. The fraction of sp³-hybridized carbons (Fsp3) is 0.333. The van der Waals surface area contributed by atoms with E-state index < -0.39 is 11.3 Å². The molecule has 0 saturated carbocycles. The Bertz CT molecular complexity index is 1100. The van der Waals surface area contributed by atoms with Crippen molar-refractivity contribution in [2.75, 3.05) is 23.7 Å². The molecule has 2 aromatic heterocycles. The number of anilines is 2.